The van der Waals surface area contributed by atoms with Crippen LogP contribution < -0.4 is 0 Å². The van der Waals surface area contributed by atoms with E-state index >= 15 is 0 Å². The molecule has 0 bridgehead atoms. The van der Waals surface area contributed by atoms with E-state index in [2.05, 4.69) is 58.3 Å². The molecule has 0 radical (unpaired) electrons. The molecule has 1 fully saturated rings. The van der Waals surface area contributed by atoms with Crippen LogP contribution in [0.25, 0.3) is 0 Å². The maximum Gasteiger partial charge on any atom is 0.454 e. The van der Waals surface area contributed by atoms with Gasteiger partial charge in [-0.1, -0.05) is 68.5 Å². The number of aryl methyl sites for hydroxylation is 1. The minimum atomic E-state index is -0.160. The molecule has 0 aliphatic carbocycles. The van der Waals surface area contributed by atoms with Crippen LogP contribution in [0.5, 0.6) is 0 Å². The molecule has 146 valence electrons. The summed E-state index contributed by atoms with van der Waals surface area (Å²) in [5, 5.41) is 0. The van der Waals surface area contributed by atoms with E-state index in [0.29, 0.717) is 0 Å². The van der Waals surface area contributed by atoms with Crippen LogP contribution in [0, 0.1) is 6.92 Å². The molecule has 0 aromatic heterocycles. The molecule has 2 rings (SSSR count). The van der Waals surface area contributed by atoms with Crippen molar-refractivity contribution in [3.8, 4) is 0 Å². The summed E-state index contributed by atoms with van der Waals surface area (Å²) in [6.45, 7) is 19.7. The van der Waals surface area contributed by atoms with Crippen LogP contribution in [0.1, 0.15) is 47.1 Å². The van der Waals surface area contributed by atoms with E-state index in [-0.39, 0.29) is 18.3 Å². The summed E-state index contributed by atoms with van der Waals surface area (Å²) in [4.78, 5) is 3.71. The predicted octanol–water partition coefficient (Wildman–Crippen LogP) is 6.16. The molecule has 1 aromatic rings. The zero-order valence-electron chi connectivity index (χ0n) is 18.2. The van der Waals surface area contributed by atoms with Crippen LogP contribution in [0.3, 0.4) is 0 Å². The average molecular weight is 359 g/mol. The number of hydrogen-bond acceptors (Lipinski definition) is 3. The third-order valence-electron chi connectivity index (χ3n) is 3.79. The van der Waals surface area contributed by atoms with E-state index in [4.69, 9.17) is 9.31 Å². The lowest BCUT2D eigenvalue weighted by Gasteiger charge is -2.32. The third-order valence-corrected chi connectivity index (χ3v) is 3.79. The Morgan fingerprint density at radius 2 is 1.42 bits per heavy atom. The first-order valence-electron chi connectivity index (χ1n) is 9.23. The van der Waals surface area contributed by atoms with Gasteiger partial charge in [-0.05, 0) is 47.5 Å². The number of rotatable bonds is 2. The molecule has 0 atom stereocenters. The van der Waals surface area contributed by atoms with Gasteiger partial charge in [0.25, 0.3) is 0 Å². The van der Waals surface area contributed by atoms with E-state index in [1.165, 1.54) is 5.56 Å². The topological polar surface area (TPSA) is 30.8 Å². The van der Waals surface area contributed by atoms with Crippen molar-refractivity contribution >= 4 is 13.3 Å². The summed E-state index contributed by atoms with van der Waals surface area (Å²) in [6.07, 6.45) is 7.07. The van der Waals surface area contributed by atoms with Gasteiger partial charge in [-0.15, -0.1) is 0 Å². The molecule has 4 heteroatoms. The van der Waals surface area contributed by atoms with Gasteiger partial charge in [-0.2, -0.15) is 0 Å². The second-order valence-electron chi connectivity index (χ2n) is 6.51. The molecule has 1 saturated heterocycles. The Hall–Kier alpha value is -1.65. The van der Waals surface area contributed by atoms with E-state index in [0.717, 1.165) is 0 Å². The fraction of sp³-hybridized carbons (Fsp3) is 0.500. The fourth-order valence-corrected chi connectivity index (χ4v) is 1.89. The first kappa shape index (κ1) is 26.6. The van der Waals surface area contributed by atoms with Crippen molar-refractivity contribution in [2.75, 3.05) is 7.05 Å². The molecule has 0 unspecified atom stereocenters. The van der Waals surface area contributed by atoms with Crippen molar-refractivity contribution in [2.45, 2.75) is 66.5 Å². The Bertz CT molecular complexity index is 506. The minimum Gasteiger partial charge on any atom is -0.403 e. The second-order valence-corrected chi connectivity index (χ2v) is 6.51. The normalized spacial score (nSPS) is 16.7. The third kappa shape index (κ3) is 11.8. The van der Waals surface area contributed by atoms with Crippen LogP contribution >= 0.6 is 0 Å². The number of allylic oxidation sites excluding steroid dienone is 3. The summed E-state index contributed by atoms with van der Waals surface area (Å²) in [5.74, 6) is 0. The van der Waals surface area contributed by atoms with Crippen LogP contribution in [-0.2, 0) is 9.31 Å². The lowest BCUT2D eigenvalue weighted by atomic mass is 9.90. The largest absolute Gasteiger partial charge is 0.454 e. The highest BCUT2D eigenvalue weighted by Crippen LogP contribution is 2.36. The first-order valence-corrected chi connectivity index (χ1v) is 9.23. The number of hydrogen-bond donors (Lipinski definition) is 0. The number of aliphatic imine (C=N–C) groups is 1. The minimum absolute atomic E-state index is 0.0648. The van der Waals surface area contributed by atoms with Crippen molar-refractivity contribution in [1.29, 1.82) is 0 Å². The molecule has 26 heavy (non-hydrogen) atoms. The maximum atomic E-state index is 5.54. The Kier molecular flexibility index (Phi) is 14.8. The Morgan fingerprint density at radius 1 is 0.962 bits per heavy atom. The Balaban J connectivity index is 0. The highest BCUT2D eigenvalue weighted by Gasteiger charge is 2.48. The highest BCUT2D eigenvalue weighted by atomic mass is 16.7. The fourth-order valence-electron chi connectivity index (χ4n) is 1.89. The highest BCUT2D eigenvalue weighted by molar-refractivity contribution is 6.43. The van der Waals surface area contributed by atoms with Crippen LogP contribution in [0.4, 0.5) is 0 Å². The van der Waals surface area contributed by atoms with Crippen molar-refractivity contribution in [1.82, 2.24) is 0 Å². The molecule has 0 saturated carbocycles. The van der Waals surface area contributed by atoms with Gasteiger partial charge in [-0.25, -0.2) is 0 Å². The molecule has 1 heterocycles. The average Bonchev–Trinajstić information content (AvgIpc) is 2.77. The predicted molar refractivity (Wildman–Crippen MR) is 118 cm³/mol. The standard InChI is InChI=1S/C7H15BO2.C7H8.C6H9N.C2H6/c1-6(2)7(3,4)10-8(5)9-6;1-7-5-3-2-4-6-7;1-3-4-5-6-7-2;1-2/h1-5H3;2-6H,1H3;3-6H,1H2,2H3;1-2H3/b;;5-4-,7-6?;. The van der Waals surface area contributed by atoms with Gasteiger partial charge in [0.05, 0.1) is 11.2 Å². The SMILES string of the molecule is C=C/C=C\C=NC.CB1OC(C)(C)C(C)(C)O1.CC.Cc1ccccc1. The molecule has 0 amide bonds. The van der Waals surface area contributed by atoms with Crippen molar-refractivity contribution in [3.05, 3.63) is 60.7 Å². The van der Waals surface area contributed by atoms with Crippen LogP contribution in [0.15, 0.2) is 60.1 Å². The van der Waals surface area contributed by atoms with E-state index < -0.39 is 0 Å². The van der Waals surface area contributed by atoms with Gasteiger partial charge >= 0.3 is 7.12 Å². The molecule has 1 aliphatic heterocycles. The van der Waals surface area contributed by atoms with E-state index in [1.54, 1.807) is 19.3 Å². The van der Waals surface area contributed by atoms with E-state index in [9.17, 15) is 0 Å². The quantitative estimate of drug-likeness (QED) is 0.360. The summed E-state index contributed by atoms with van der Waals surface area (Å²) in [6, 6.07) is 10.3. The van der Waals surface area contributed by atoms with Crippen LogP contribution in [0.2, 0.25) is 6.82 Å². The molecule has 0 spiro atoms. The molecule has 1 aromatic carbocycles. The van der Waals surface area contributed by atoms with Gasteiger partial charge in [0.15, 0.2) is 0 Å². The van der Waals surface area contributed by atoms with Crippen molar-refractivity contribution < 1.29 is 9.31 Å². The smallest absolute Gasteiger partial charge is 0.403 e. The Labute approximate surface area is 162 Å². The summed E-state index contributed by atoms with van der Waals surface area (Å²) >= 11 is 0. The zero-order chi connectivity index (χ0) is 20.6. The molecule has 3 nitrogen and oxygen atoms in total. The van der Waals surface area contributed by atoms with E-state index in [1.807, 2.05) is 51.0 Å². The van der Waals surface area contributed by atoms with Crippen molar-refractivity contribution in [2.24, 2.45) is 4.99 Å². The molecule has 1 aliphatic rings. The number of benzene rings is 1. The van der Waals surface area contributed by atoms with Gasteiger partial charge in [0.2, 0.25) is 0 Å². The monoisotopic (exact) mass is 359 g/mol. The lowest BCUT2D eigenvalue weighted by Crippen LogP contribution is -2.41. The summed E-state index contributed by atoms with van der Waals surface area (Å²) in [7, 11) is 1.66. The van der Waals surface area contributed by atoms with Gasteiger partial charge in [-0.3, -0.25) is 4.99 Å². The maximum absolute atomic E-state index is 5.54. The Morgan fingerprint density at radius 3 is 1.65 bits per heavy atom. The summed E-state index contributed by atoms with van der Waals surface area (Å²) < 4.78 is 11.1. The van der Waals surface area contributed by atoms with Gasteiger partial charge < -0.3 is 9.31 Å². The number of nitrogens with zero attached hydrogens (tertiary/aromatic N) is 1. The molecule has 0 N–H and O–H groups in total. The van der Waals surface area contributed by atoms with Gasteiger partial charge in [0.1, 0.15) is 0 Å². The zero-order valence-corrected chi connectivity index (χ0v) is 18.2. The lowest BCUT2D eigenvalue weighted by molar-refractivity contribution is 0.00578. The molecular formula is C22H38BNO2. The first-order chi connectivity index (χ1) is 12.2. The second kappa shape index (κ2) is 14.5. The van der Waals surface area contributed by atoms with Crippen LogP contribution in [-0.4, -0.2) is 31.6 Å². The van der Waals surface area contributed by atoms with Crippen molar-refractivity contribution in [3.63, 3.8) is 0 Å². The summed E-state index contributed by atoms with van der Waals surface area (Å²) in [5.41, 5.74) is 1.00. The molecular weight excluding hydrogens is 321 g/mol. The van der Waals surface area contributed by atoms with Gasteiger partial charge in [0, 0.05) is 13.3 Å².